The van der Waals surface area contributed by atoms with Crippen molar-refractivity contribution >= 4 is 18.4 Å². The number of rotatable bonds is 2. The van der Waals surface area contributed by atoms with E-state index in [1.165, 1.54) is 6.92 Å². The molecule has 5 heteroatoms. The highest BCUT2D eigenvalue weighted by atomic mass is 35.5. The molecule has 0 aliphatic carbocycles. The molecule has 0 aliphatic rings. The highest BCUT2D eigenvalue weighted by Crippen LogP contribution is 1.77. The Hall–Kier alpha value is -0.350. The number of carboxylic acids is 1. The topological polar surface area (TPSA) is 49.3 Å². The fourth-order valence-electron chi connectivity index (χ4n) is 0.0467. The zero-order valence-corrected chi connectivity index (χ0v) is 5.04. The fourth-order valence-corrected chi connectivity index (χ4v) is 0.0467. The van der Waals surface area contributed by atoms with E-state index in [4.69, 9.17) is 5.11 Å². The van der Waals surface area contributed by atoms with Gasteiger partial charge in [0, 0.05) is 0 Å². The second-order valence-electron chi connectivity index (χ2n) is 1.17. The predicted molar refractivity (Wildman–Crippen MR) is 28.6 cm³/mol. The highest BCUT2D eigenvalue weighted by Gasteiger charge is 2.07. The average molecular weight is 144 g/mol. The lowest BCUT2D eigenvalue weighted by molar-refractivity contribution is -0.140. The van der Waals surface area contributed by atoms with Gasteiger partial charge < -0.3 is 5.11 Å². The van der Waals surface area contributed by atoms with Crippen LogP contribution in [-0.2, 0) is 4.79 Å². The van der Waals surface area contributed by atoms with Crippen LogP contribution in [0.15, 0.2) is 0 Å². The van der Waals surface area contributed by atoms with Crippen LogP contribution in [0.4, 0.5) is 4.48 Å². The van der Waals surface area contributed by atoms with Gasteiger partial charge in [0.05, 0.1) is 0 Å². The Morgan fingerprint density at radius 3 is 2.25 bits per heavy atom. The Morgan fingerprint density at radius 2 is 2.25 bits per heavy atom. The summed E-state index contributed by atoms with van der Waals surface area (Å²) in [6, 6.07) is -1.10. The lowest BCUT2D eigenvalue weighted by atomic mass is 10.4. The van der Waals surface area contributed by atoms with Crippen LogP contribution in [0, 0.1) is 0 Å². The van der Waals surface area contributed by atoms with E-state index in [0.717, 1.165) is 5.54 Å². The van der Waals surface area contributed by atoms with Crippen molar-refractivity contribution in [3.8, 4) is 0 Å². The molecule has 0 radical (unpaired) electrons. The van der Waals surface area contributed by atoms with Gasteiger partial charge in [0.15, 0.2) is 0 Å². The number of aliphatic carboxylic acids is 1. The van der Waals surface area contributed by atoms with Crippen molar-refractivity contribution in [1.82, 2.24) is 5.54 Å². The van der Waals surface area contributed by atoms with Crippen LogP contribution in [-0.4, -0.2) is 17.1 Å². The van der Waals surface area contributed by atoms with Crippen molar-refractivity contribution in [3.05, 3.63) is 0 Å². The first-order valence-electron chi connectivity index (χ1n) is 1.77. The molecule has 1 atom stereocenters. The number of hydrogen-bond acceptors (Lipinski definition) is 2. The zero-order chi connectivity index (χ0) is 5.86. The van der Waals surface area contributed by atoms with E-state index in [0.29, 0.717) is 0 Å². The number of nitrogens with one attached hydrogen (secondary N) is 1. The summed E-state index contributed by atoms with van der Waals surface area (Å²) in [5, 5.41) is 7.88. The maximum atomic E-state index is 11.0. The van der Waals surface area contributed by atoms with E-state index in [1.807, 2.05) is 0 Å². The molecule has 0 amide bonds. The van der Waals surface area contributed by atoms with E-state index in [1.54, 1.807) is 0 Å². The van der Waals surface area contributed by atoms with E-state index >= 15 is 0 Å². The van der Waals surface area contributed by atoms with Gasteiger partial charge in [-0.1, -0.05) is 0 Å². The molecule has 0 bridgehead atoms. The Kier molecular flexibility index (Phi) is 6.36. The van der Waals surface area contributed by atoms with Gasteiger partial charge in [-0.3, -0.25) is 4.79 Å². The molecule has 0 aromatic carbocycles. The van der Waals surface area contributed by atoms with Gasteiger partial charge >= 0.3 is 5.97 Å². The van der Waals surface area contributed by atoms with Crippen LogP contribution < -0.4 is 5.54 Å². The Bertz CT molecular complexity index is 79.7. The van der Waals surface area contributed by atoms with Gasteiger partial charge in [-0.25, -0.2) is 0 Å². The third kappa shape index (κ3) is 3.83. The normalized spacial score (nSPS) is 11.8. The van der Waals surface area contributed by atoms with E-state index in [2.05, 4.69) is 0 Å². The Labute approximate surface area is 52.2 Å². The monoisotopic (exact) mass is 143 g/mol. The van der Waals surface area contributed by atoms with Gasteiger partial charge in [0.25, 0.3) is 0 Å². The first-order valence-corrected chi connectivity index (χ1v) is 1.77. The number of carbonyl (C=O) groups is 1. The van der Waals surface area contributed by atoms with Gasteiger partial charge in [0.2, 0.25) is 0 Å². The SMILES string of the molecule is CC(NF)C(=O)O.Cl. The Morgan fingerprint density at radius 1 is 1.88 bits per heavy atom. The van der Waals surface area contributed by atoms with Gasteiger partial charge in [-0.15, -0.1) is 22.4 Å². The smallest absolute Gasteiger partial charge is 0.323 e. The summed E-state index contributed by atoms with van der Waals surface area (Å²) >= 11 is 0. The van der Waals surface area contributed by atoms with Gasteiger partial charge in [0.1, 0.15) is 6.04 Å². The molecule has 2 N–H and O–H groups in total. The van der Waals surface area contributed by atoms with Crippen LogP contribution >= 0.6 is 12.4 Å². The molecule has 0 aromatic heterocycles. The molecule has 0 fully saturated rings. The summed E-state index contributed by atoms with van der Waals surface area (Å²) in [5.41, 5.74) is 1.06. The summed E-state index contributed by atoms with van der Waals surface area (Å²) in [4.78, 5) is 9.63. The maximum Gasteiger partial charge on any atom is 0.323 e. The van der Waals surface area contributed by atoms with Crippen molar-refractivity contribution in [3.63, 3.8) is 0 Å². The average Bonchev–Trinajstić information content (AvgIpc) is 1.65. The third-order valence-electron chi connectivity index (χ3n) is 0.534. The highest BCUT2D eigenvalue weighted by molar-refractivity contribution is 5.85. The molecule has 0 aromatic rings. The van der Waals surface area contributed by atoms with Crippen LogP contribution in [0.2, 0.25) is 0 Å². The molecule has 0 spiro atoms. The first-order chi connectivity index (χ1) is 3.18. The number of hydrogen-bond donors (Lipinski definition) is 2. The minimum Gasteiger partial charge on any atom is -0.480 e. The second kappa shape index (κ2) is 4.80. The Balaban J connectivity index is 0. The van der Waals surface area contributed by atoms with Gasteiger partial charge in [-0.2, -0.15) is 0 Å². The van der Waals surface area contributed by atoms with Crippen LogP contribution in [0.1, 0.15) is 6.92 Å². The standard InChI is InChI=1S/C3H6FNO2.ClH/c1-2(5-4)3(6)7;/h2,5H,1H3,(H,6,7);1H. The fraction of sp³-hybridized carbons (Fsp3) is 0.667. The molecular formula is C3H7ClFNO2. The minimum absolute atomic E-state index is 0. The van der Waals surface area contributed by atoms with Gasteiger partial charge in [-0.05, 0) is 6.92 Å². The number of carboxylic acid groups (broad SMARTS) is 1. The van der Waals surface area contributed by atoms with Crippen molar-refractivity contribution in [2.24, 2.45) is 0 Å². The second-order valence-corrected chi connectivity index (χ2v) is 1.17. The summed E-state index contributed by atoms with van der Waals surface area (Å²) in [7, 11) is 0. The maximum absolute atomic E-state index is 11.0. The predicted octanol–water partition coefficient (Wildman–Crippen LogP) is 0.355. The quantitative estimate of drug-likeness (QED) is 0.549. The van der Waals surface area contributed by atoms with Crippen molar-refractivity contribution < 1.29 is 14.4 Å². The van der Waals surface area contributed by atoms with Crippen LogP contribution in [0.25, 0.3) is 0 Å². The lowest BCUT2D eigenvalue weighted by Crippen LogP contribution is -2.27. The van der Waals surface area contributed by atoms with Crippen molar-refractivity contribution in [2.45, 2.75) is 13.0 Å². The molecule has 1 unspecified atom stereocenters. The summed E-state index contributed by atoms with van der Waals surface area (Å²) in [5.74, 6) is -1.19. The third-order valence-corrected chi connectivity index (χ3v) is 0.534. The molecule has 8 heavy (non-hydrogen) atoms. The van der Waals surface area contributed by atoms with Crippen molar-refractivity contribution in [1.29, 1.82) is 0 Å². The molecule has 0 saturated carbocycles. The van der Waals surface area contributed by atoms with Crippen molar-refractivity contribution in [2.75, 3.05) is 0 Å². The summed E-state index contributed by atoms with van der Waals surface area (Å²) in [6.07, 6.45) is 0. The van der Waals surface area contributed by atoms with E-state index in [9.17, 15) is 9.28 Å². The molecule has 3 nitrogen and oxygen atoms in total. The molecular weight excluding hydrogens is 136 g/mol. The molecule has 0 rings (SSSR count). The lowest BCUT2D eigenvalue weighted by Gasteiger charge is -1.95. The first kappa shape index (κ1) is 10.6. The van der Waals surface area contributed by atoms with Crippen LogP contribution in [0.5, 0.6) is 0 Å². The molecule has 0 aliphatic heterocycles. The van der Waals surface area contributed by atoms with E-state index < -0.39 is 12.0 Å². The van der Waals surface area contributed by atoms with Crippen LogP contribution in [0.3, 0.4) is 0 Å². The van der Waals surface area contributed by atoms with E-state index in [-0.39, 0.29) is 12.4 Å². The largest absolute Gasteiger partial charge is 0.480 e. The minimum atomic E-state index is -1.19. The summed E-state index contributed by atoms with van der Waals surface area (Å²) < 4.78 is 11.0. The molecule has 0 heterocycles. The molecule has 50 valence electrons. The number of halogens is 2. The summed E-state index contributed by atoms with van der Waals surface area (Å²) in [6.45, 7) is 1.21. The zero-order valence-electron chi connectivity index (χ0n) is 4.22. The molecule has 0 saturated heterocycles.